The van der Waals surface area contributed by atoms with Crippen LogP contribution in [0.2, 0.25) is 0 Å². The van der Waals surface area contributed by atoms with Gasteiger partial charge in [0, 0.05) is 0 Å². The number of hydrogen-bond acceptors (Lipinski definition) is 5. The van der Waals surface area contributed by atoms with E-state index >= 15 is 0 Å². The maximum Gasteiger partial charge on any atom is 0.356 e. The van der Waals surface area contributed by atoms with Gasteiger partial charge in [-0.3, -0.25) is 0 Å². The van der Waals surface area contributed by atoms with Crippen LogP contribution in [0.15, 0.2) is 12.1 Å². The van der Waals surface area contributed by atoms with Crippen molar-refractivity contribution in [1.29, 1.82) is 0 Å². The van der Waals surface area contributed by atoms with Crippen LogP contribution < -0.4 is 10.5 Å². The standard InChI is InChI=1S/C11H16N2O3/c1-3-4-7-16-10-8(12)5-6-9(13-10)11(14)15-2/h5-6H,3-4,7,12H2,1-2H3. The molecule has 1 rings (SSSR count). The maximum absolute atomic E-state index is 11.2. The fourth-order valence-electron chi connectivity index (χ4n) is 1.10. The minimum atomic E-state index is -0.500. The Balaban J connectivity index is 2.78. The highest BCUT2D eigenvalue weighted by Crippen LogP contribution is 2.19. The van der Waals surface area contributed by atoms with Crippen LogP contribution >= 0.6 is 0 Å². The molecule has 1 heterocycles. The third-order valence-corrected chi connectivity index (χ3v) is 2.02. The second kappa shape index (κ2) is 5.95. The van der Waals surface area contributed by atoms with E-state index in [0.717, 1.165) is 12.8 Å². The number of rotatable bonds is 5. The first kappa shape index (κ1) is 12.3. The number of carbonyl (C=O) groups is 1. The van der Waals surface area contributed by atoms with E-state index in [1.54, 1.807) is 6.07 Å². The number of ether oxygens (including phenoxy) is 2. The normalized spacial score (nSPS) is 9.88. The van der Waals surface area contributed by atoms with Crippen molar-refractivity contribution in [2.45, 2.75) is 19.8 Å². The lowest BCUT2D eigenvalue weighted by molar-refractivity contribution is 0.0593. The van der Waals surface area contributed by atoms with Crippen LogP contribution in [0.3, 0.4) is 0 Å². The van der Waals surface area contributed by atoms with E-state index in [4.69, 9.17) is 10.5 Å². The molecule has 0 radical (unpaired) electrons. The Labute approximate surface area is 94.6 Å². The Kier molecular flexibility index (Phi) is 4.57. The van der Waals surface area contributed by atoms with E-state index in [-0.39, 0.29) is 11.6 Å². The van der Waals surface area contributed by atoms with Crippen molar-refractivity contribution in [2.75, 3.05) is 19.5 Å². The highest BCUT2D eigenvalue weighted by molar-refractivity contribution is 5.87. The fraction of sp³-hybridized carbons (Fsp3) is 0.455. The summed E-state index contributed by atoms with van der Waals surface area (Å²) in [6.07, 6.45) is 1.94. The number of aromatic nitrogens is 1. The number of nitrogen functional groups attached to an aromatic ring is 1. The van der Waals surface area contributed by atoms with Crippen molar-refractivity contribution >= 4 is 11.7 Å². The van der Waals surface area contributed by atoms with Crippen LogP contribution in [0, 0.1) is 0 Å². The molecule has 0 unspecified atom stereocenters. The molecule has 0 aromatic carbocycles. The molecule has 0 aliphatic carbocycles. The monoisotopic (exact) mass is 224 g/mol. The van der Waals surface area contributed by atoms with Gasteiger partial charge in [-0.05, 0) is 18.6 Å². The zero-order valence-electron chi connectivity index (χ0n) is 9.53. The molecule has 0 aliphatic heterocycles. The molecule has 16 heavy (non-hydrogen) atoms. The third kappa shape index (κ3) is 3.12. The van der Waals surface area contributed by atoms with Crippen LogP contribution in [0.5, 0.6) is 5.88 Å². The molecular formula is C11H16N2O3. The van der Waals surface area contributed by atoms with Crippen molar-refractivity contribution in [3.63, 3.8) is 0 Å². The maximum atomic E-state index is 11.2. The van der Waals surface area contributed by atoms with E-state index in [1.165, 1.54) is 13.2 Å². The van der Waals surface area contributed by atoms with Crippen LogP contribution in [0.25, 0.3) is 0 Å². The fourth-order valence-corrected chi connectivity index (χ4v) is 1.10. The van der Waals surface area contributed by atoms with Gasteiger partial charge < -0.3 is 15.2 Å². The Morgan fingerprint density at radius 3 is 2.88 bits per heavy atom. The first-order valence-electron chi connectivity index (χ1n) is 5.16. The molecule has 0 bridgehead atoms. The van der Waals surface area contributed by atoms with E-state index in [2.05, 4.69) is 16.6 Å². The largest absolute Gasteiger partial charge is 0.476 e. The SMILES string of the molecule is CCCCOc1nc(C(=O)OC)ccc1N. The number of pyridine rings is 1. The molecular weight excluding hydrogens is 208 g/mol. The molecule has 0 atom stereocenters. The van der Waals surface area contributed by atoms with E-state index in [0.29, 0.717) is 12.3 Å². The Bertz CT molecular complexity index is 366. The molecule has 1 aromatic heterocycles. The number of carbonyl (C=O) groups excluding carboxylic acids is 1. The lowest BCUT2D eigenvalue weighted by Crippen LogP contribution is -2.08. The van der Waals surface area contributed by atoms with Crippen LogP contribution in [0.4, 0.5) is 5.69 Å². The topological polar surface area (TPSA) is 74.4 Å². The van der Waals surface area contributed by atoms with Gasteiger partial charge in [0.25, 0.3) is 0 Å². The van der Waals surface area contributed by atoms with Crippen LogP contribution in [0.1, 0.15) is 30.3 Å². The molecule has 5 heteroatoms. The number of hydrogen-bond donors (Lipinski definition) is 1. The van der Waals surface area contributed by atoms with Crippen molar-refractivity contribution in [2.24, 2.45) is 0 Å². The van der Waals surface area contributed by atoms with E-state index in [1.807, 2.05) is 0 Å². The number of nitrogens with zero attached hydrogens (tertiary/aromatic N) is 1. The Morgan fingerprint density at radius 2 is 2.25 bits per heavy atom. The van der Waals surface area contributed by atoms with Gasteiger partial charge in [0.15, 0.2) is 5.69 Å². The van der Waals surface area contributed by atoms with Crippen molar-refractivity contribution in [3.8, 4) is 5.88 Å². The predicted molar refractivity (Wildman–Crippen MR) is 60.4 cm³/mol. The zero-order chi connectivity index (χ0) is 12.0. The molecule has 0 amide bonds. The number of methoxy groups -OCH3 is 1. The second-order valence-electron chi connectivity index (χ2n) is 3.28. The molecule has 5 nitrogen and oxygen atoms in total. The number of nitrogens with two attached hydrogens (primary N) is 1. The molecule has 0 saturated heterocycles. The minimum absolute atomic E-state index is 0.197. The summed E-state index contributed by atoms with van der Waals surface area (Å²) in [5.41, 5.74) is 6.29. The summed E-state index contributed by atoms with van der Waals surface area (Å²) in [6, 6.07) is 3.09. The average molecular weight is 224 g/mol. The Morgan fingerprint density at radius 1 is 1.50 bits per heavy atom. The molecule has 0 aliphatic rings. The van der Waals surface area contributed by atoms with Gasteiger partial charge in [0.05, 0.1) is 19.4 Å². The second-order valence-corrected chi connectivity index (χ2v) is 3.28. The molecule has 0 saturated carbocycles. The highest BCUT2D eigenvalue weighted by atomic mass is 16.5. The zero-order valence-corrected chi connectivity index (χ0v) is 9.53. The smallest absolute Gasteiger partial charge is 0.356 e. The summed E-state index contributed by atoms with van der Waals surface area (Å²) >= 11 is 0. The molecule has 0 spiro atoms. The van der Waals surface area contributed by atoms with E-state index < -0.39 is 5.97 Å². The molecule has 1 aromatic rings. The lowest BCUT2D eigenvalue weighted by atomic mass is 10.3. The van der Waals surface area contributed by atoms with Gasteiger partial charge in [-0.2, -0.15) is 0 Å². The first-order valence-corrected chi connectivity index (χ1v) is 5.16. The van der Waals surface area contributed by atoms with Gasteiger partial charge in [-0.25, -0.2) is 9.78 Å². The van der Waals surface area contributed by atoms with Crippen molar-refractivity contribution in [3.05, 3.63) is 17.8 Å². The third-order valence-electron chi connectivity index (χ3n) is 2.02. The van der Waals surface area contributed by atoms with Crippen LogP contribution in [-0.4, -0.2) is 24.7 Å². The summed E-state index contributed by atoms with van der Waals surface area (Å²) in [7, 11) is 1.30. The predicted octanol–water partition coefficient (Wildman–Crippen LogP) is 1.63. The summed E-state index contributed by atoms with van der Waals surface area (Å²) in [5.74, 6) is -0.211. The highest BCUT2D eigenvalue weighted by Gasteiger charge is 2.10. The molecule has 2 N–H and O–H groups in total. The quantitative estimate of drug-likeness (QED) is 0.607. The molecule has 88 valence electrons. The Hall–Kier alpha value is -1.78. The number of unbranched alkanes of at least 4 members (excludes halogenated alkanes) is 1. The number of anilines is 1. The molecule has 0 fully saturated rings. The van der Waals surface area contributed by atoms with Crippen molar-refractivity contribution in [1.82, 2.24) is 4.98 Å². The van der Waals surface area contributed by atoms with Gasteiger partial charge in [0.2, 0.25) is 5.88 Å². The van der Waals surface area contributed by atoms with Gasteiger partial charge >= 0.3 is 5.97 Å². The summed E-state index contributed by atoms with van der Waals surface area (Å²) in [4.78, 5) is 15.2. The summed E-state index contributed by atoms with van der Waals surface area (Å²) in [6.45, 7) is 2.60. The first-order chi connectivity index (χ1) is 7.69. The van der Waals surface area contributed by atoms with E-state index in [9.17, 15) is 4.79 Å². The van der Waals surface area contributed by atoms with Crippen LogP contribution in [-0.2, 0) is 4.74 Å². The minimum Gasteiger partial charge on any atom is -0.476 e. The van der Waals surface area contributed by atoms with Crippen molar-refractivity contribution < 1.29 is 14.3 Å². The summed E-state index contributed by atoms with van der Waals surface area (Å²) < 4.78 is 9.93. The average Bonchev–Trinajstić information content (AvgIpc) is 2.31. The van der Waals surface area contributed by atoms with Gasteiger partial charge in [-0.1, -0.05) is 13.3 Å². The number of esters is 1. The summed E-state index contributed by atoms with van der Waals surface area (Å²) in [5, 5.41) is 0. The van der Waals surface area contributed by atoms with Gasteiger partial charge in [-0.15, -0.1) is 0 Å². The van der Waals surface area contributed by atoms with Gasteiger partial charge in [0.1, 0.15) is 0 Å². The lowest BCUT2D eigenvalue weighted by Gasteiger charge is -2.08.